The molecule has 1 fully saturated rings. The van der Waals surface area contributed by atoms with Crippen molar-refractivity contribution in [3.05, 3.63) is 51.2 Å². The molecule has 0 aliphatic carbocycles. The summed E-state index contributed by atoms with van der Waals surface area (Å²) in [4.78, 5) is 17.0. The monoisotopic (exact) mass is 402 g/mol. The molecular formula is C22H30N2O3S. The van der Waals surface area contributed by atoms with Crippen molar-refractivity contribution in [1.82, 2.24) is 10.2 Å². The first-order valence-electron chi connectivity index (χ1n) is 9.88. The molecule has 1 aliphatic rings. The van der Waals surface area contributed by atoms with Crippen LogP contribution < -0.4 is 10.1 Å². The van der Waals surface area contributed by atoms with Crippen LogP contribution in [-0.4, -0.2) is 50.3 Å². The van der Waals surface area contributed by atoms with Crippen LogP contribution >= 0.6 is 11.3 Å². The number of likely N-dealkylation sites (N-methyl/N-ethyl adjacent to an activating group) is 1. The first-order valence-corrected chi connectivity index (χ1v) is 10.7. The quantitative estimate of drug-likeness (QED) is 0.730. The van der Waals surface area contributed by atoms with Crippen molar-refractivity contribution in [3.63, 3.8) is 0 Å². The molecule has 152 valence electrons. The van der Waals surface area contributed by atoms with Gasteiger partial charge in [-0.15, -0.1) is 11.3 Å². The largest absolute Gasteiger partial charge is 0.492 e. The minimum atomic E-state index is -0.0220. The number of thiophene rings is 1. The Balaban J connectivity index is 1.45. The summed E-state index contributed by atoms with van der Waals surface area (Å²) < 4.78 is 11.4. The second kappa shape index (κ2) is 10.0. The molecular weight excluding hydrogens is 372 g/mol. The fourth-order valence-electron chi connectivity index (χ4n) is 3.50. The number of nitrogens with zero attached hydrogens (tertiary/aromatic N) is 1. The summed E-state index contributed by atoms with van der Waals surface area (Å²) in [7, 11) is 2.15. The number of ether oxygens (including phenoxy) is 2. The van der Waals surface area contributed by atoms with Crippen LogP contribution in [0.25, 0.3) is 0 Å². The van der Waals surface area contributed by atoms with Crippen LogP contribution in [0.3, 0.4) is 0 Å². The van der Waals surface area contributed by atoms with Gasteiger partial charge in [0.25, 0.3) is 5.91 Å². The Hall–Kier alpha value is -1.89. The summed E-state index contributed by atoms with van der Waals surface area (Å²) in [6, 6.07) is 10.5. The molecule has 1 aromatic heterocycles. The van der Waals surface area contributed by atoms with Crippen molar-refractivity contribution >= 4 is 17.2 Å². The Kier molecular flexibility index (Phi) is 7.48. The highest BCUT2D eigenvalue weighted by Crippen LogP contribution is 2.21. The predicted molar refractivity (Wildman–Crippen MR) is 113 cm³/mol. The van der Waals surface area contributed by atoms with Gasteiger partial charge in [-0.3, -0.25) is 9.69 Å². The molecule has 1 N–H and O–H groups in total. The number of carbonyl (C=O) groups excluding carboxylic acids is 1. The van der Waals surface area contributed by atoms with Gasteiger partial charge in [0.15, 0.2) is 0 Å². The Bertz CT molecular complexity index is 784. The number of nitrogens with one attached hydrogen (secondary N) is 1. The SMILES string of the molecule is Cc1cc(C(=O)NCc2cccc(OCCN(C)C3CCOCC3)c2)c(C)s1. The topological polar surface area (TPSA) is 50.8 Å². The van der Waals surface area contributed by atoms with E-state index in [1.54, 1.807) is 11.3 Å². The number of aryl methyl sites for hydroxylation is 2. The van der Waals surface area contributed by atoms with E-state index in [4.69, 9.17) is 9.47 Å². The van der Waals surface area contributed by atoms with Gasteiger partial charge in [0, 0.05) is 42.1 Å². The average Bonchev–Trinajstić information content (AvgIpc) is 3.05. The van der Waals surface area contributed by atoms with Gasteiger partial charge in [0.05, 0.1) is 5.56 Å². The molecule has 28 heavy (non-hydrogen) atoms. The normalized spacial score (nSPS) is 15.0. The summed E-state index contributed by atoms with van der Waals surface area (Å²) in [5, 5.41) is 3.01. The van der Waals surface area contributed by atoms with E-state index in [1.807, 2.05) is 44.2 Å². The van der Waals surface area contributed by atoms with E-state index in [0.29, 0.717) is 19.2 Å². The fourth-order valence-corrected chi connectivity index (χ4v) is 4.42. The van der Waals surface area contributed by atoms with Crippen molar-refractivity contribution < 1.29 is 14.3 Å². The van der Waals surface area contributed by atoms with E-state index in [-0.39, 0.29) is 5.91 Å². The number of hydrogen-bond acceptors (Lipinski definition) is 5. The maximum atomic E-state index is 12.4. The van der Waals surface area contributed by atoms with E-state index >= 15 is 0 Å². The minimum Gasteiger partial charge on any atom is -0.492 e. The average molecular weight is 403 g/mol. The summed E-state index contributed by atoms with van der Waals surface area (Å²) >= 11 is 1.65. The second-order valence-corrected chi connectivity index (χ2v) is 8.79. The van der Waals surface area contributed by atoms with E-state index in [9.17, 15) is 4.79 Å². The molecule has 2 heterocycles. The number of benzene rings is 1. The summed E-state index contributed by atoms with van der Waals surface area (Å²) in [6.07, 6.45) is 2.18. The first kappa shape index (κ1) is 20.8. The molecule has 6 heteroatoms. The lowest BCUT2D eigenvalue weighted by Gasteiger charge is -2.31. The molecule has 1 amide bonds. The van der Waals surface area contributed by atoms with Gasteiger partial charge >= 0.3 is 0 Å². The van der Waals surface area contributed by atoms with E-state index in [2.05, 4.69) is 17.3 Å². The third-order valence-electron chi connectivity index (χ3n) is 5.16. The van der Waals surface area contributed by atoms with Crippen molar-refractivity contribution in [3.8, 4) is 5.75 Å². The number of amides is 1. The van der Waals surface area contributed by atoms with Gasteiger partial charge in [0.2, 0.25) is 0 Å². The Morgan fingerprint density at radius 3 is 2.79 bits per heavy atom. The van der Waals surface area contributed by atoms with E-state index < -0.39 is 0 Å². The molecule has 0 unspecified atom stereocenters. The molecule has 2 aromatic rings. The van der Waals surface area contributed by atoms with Gasteiger partial charge in [-0.25, -0.2) is 0 Å². The molecule has 1 aliphatic heterocycles. The summed E-state index contributed by atoms with van der Waals surface area (Å²) in [6.45, 7) is 7.75. The molecule has 0 spiro atoms. The van der Waals surface area contributed by atoms with Gasteiger partial charge in [0.1, 0.15) is 12.4 Å². The van der Waals surface area contributed by atoms with Gasteiger partial charge in [-0.05, 0) is 57.5 Å². The number of carbonyl (C=O) groups is 1. The van der Waals surface area contributed by atoms with Crippen LogP contribution in [0.2, 0.25) is 0 Å². The van der Waals surface area contributed by atoms with E-state index in [0.717, 1.165) is 59.2 Å². The maximum Gasteiger partial charge on any atom is 0.252 e. The highest BCUT2D eigenvalue weighted by molar-refractivity contribution is 7.12. The van der Waals surface area contributed by atoms with Crippen molar-refractivity contribution in [2.45, 2.75) is 39.3 Å². The van der Waals surface area contributed by atoms with Crippen LogP contribution in [-0.2, 0) is 11.3 Å². The Morgan fingerprint density at radius 2 is 2.07 bits per heavy atom. The summed E-state index contributed by atoms with van der Waals surface area (Å²) in [5.41, 5.74) is 1.80. The van der Waals surface area contributed by atoms with E-state index in [1.165, 1.54) is 0 Å². The maximum absolute atomic E-state index is 12.4. The zero-order valence-electron chi connectivity index (χ0n) is 17.0. The third-order valence-corrected chi connectivity index (χ3v) is 6.13. The van der Waals surface area contributed by atoms with Gasteiger partial charge in [-0.2, -0.15) is 0 Å². The van der Waals surface area contributed by atoms with Crippen LogP contribution in [0.4, 0.5) is 0 Å². The zero-order chi connectivity index (χ0) is 19.9. The van der Waals surface area contributed by atoms with Gasteiger partial charge in [-0.1, -0.05) is 12.1 Å². The second-order valence-electron chi connectivity index (χ2n) is 7.33. The Morgan fingerprint density at radius 1 is 1.29 bits per heavy atom. The Labute approximate surface area is 171 Å². The van der Waals surface area contributed by atoms with Crippen LogP contribution in [0.1, 0.15) is 38.5 Å². The molecule has 1 saturated heterocycles. The van der Waals surface area contributed by atoms with Crippen molar-refractivity contribution in [2.24, 2.45) is 0 Å². The minimum absolute atomic E-state index is 0.0220. The molecule has 3 rings (SSSR count). The molecule has 0 atom stereocenters. The summed E-state index contributed by atoms with van der Waals surface area (Å²) in [5.74, 6) is 0.820. The third kappa shape index (κ3) is 5.80. The van der Waals surface area contributed by atoms with Crippen molar-refractivity contribution in [1.29, 1.82) is 0 Å². The van der Waals surface area contributed by atoms with Crippen LogP contribution in [0.5, 0.6) is 5.75 Å². The number of hydrogen-bond donors (Lipinski definition) is 1. The predicted octanol–water partition coefficient (Wildman–Crippen LogP) is 3.78. The molecule has 5 nitrogen and oxygen atoms in total. The standard InChI is InChI=1S/C22H30N2O3S/c1-16-13-21(17(2)28-16)22(25)23-15-18-5-4-6-20(14-18)27-12-9-24(3)19-7-10-26-11-8-19/h4-6,13-14,19H,7-12,15H2,1-3H3,(H,23,25). The molecule has 0 bridgehead atoms. The van der Waals surface area contributed by atoms with Crippen LogP contribution in [0, 0.1) is 13.8 Å². The highest BCUT2D eigenvalue weighted by atomic mass is 32.1. The molecule has 0 saturated carbocycles. The first-order chi connectivity index (χ1) is 13.5. The fraction of sp³-hybridized carbons (Fsp3) is 0.500. The zero-order valence-corrected chi connectivity index (χ0v) is 17.8. The highest BCUT2D eigenvalue weighted by Gasteiger charge is 2.18. The lowest BCUT2D eigenvalue weighted by molar-refractivity contribution is 0.0392. The lowest BCUT2D eigenvalue weighted by Crippen LogP contribution is -2.38. The molecule has 1 aromatic carbocycles. The van der Waals surface area contributed by atoms with Gasteiger partial charge < -0.3 is 14.8 Å². The van der Waals surface area contributed by atoms with Crippen molar-refractivity contribution in [2.75, 3.05) is 33.4 Å². The smallest absolute Gasteiger partial charge is 0.252 e. The number of rotatable bonds is 8. The lowest BCUT2D eigenvalue weighted by atomic mass is 10.1. The molecule has 0 radical (unpaired) electrons. The van der Waals surface area contributed by atoms with Crippen LogP contribution in [0.15, 0.2) is 30.3 Å².